The van der Waals surface area contributed by atoms with Crippen LogP contribution in [0.4, 0.5) is 0 Å². The van der Waals surface area contributed by atoms with Crippen LogP contribution in [-0.4, -0.2) is 41.1 Å². The Bertz CT molecular complexity index is 394. The van der Waals surface area contributed by atoms with Gasteiger partial charge in [-0.25, -0.2) is 0 Å². The van der Waals surface area contributed by atoms with Crippen molar-refractivity contribution in [3.8, 4) is 0 Å². The summed E-state index contributed by atoms with van der Waals surface area (Å²) < 4.78 is 0. The molecule has 17 heavy (non-hydrogen) atoms. The summed E-state index contributed by atoms with van der Waals surface area (Å²) in [6, 6.07) is 10.2. The Balaban J connectivity index is 1.85. The number of carboxylic acid groups (broad SMARTS) is 1. The molecule has 0 radical (unpaired) electrons. The molecule has 0 aliphatic carbocycles. The number of hydrogen-bond donors (Lipinski definition) is 2. The molecule has 3 N–H and O–H groups in total. The lowest BCUT2D eigenvalue weighted by atomic mass is 10.0. The van der Waals surface area contributed by atoms with E-state index in [0.717, 1.165) is 19.5 Å². The lowest BCUT2D eigenvalue weighted by Gasteiger charge is -2.19. The highest BCUT2D eigenvalue weighted by Crippen LogP contribution is 2.19. The van der Waals surface area contributed by atoms with Gasteiger partial charge < -0.3 is 15.7 Å². The van der Waals surface area contributed by atoms with E-state index < -0.39 is 11.5 Å². The molecule has 4 heteroatoms. The van der Waals surface area contributed by atoms with Gasteiger partial charge in [-0.15, -0.1) is 0 Å². The highest BCUT2D eigenvalue weighted by molar-refractivity contribution is 5.79. The molecule has 4 nitrogen and oxygen atoms in total. The average Bonchev–Trinajstić information content (AvgIpc) is 2.72. The summed E-state index contributed by atoms with van der Waals surface area (Å²) >= 11 is 0. The summed E-state index contributed by atoms with van der Waals surface area (Å²) in [6.45, 7) is 2.10. The molecule has 0 amide bonds. The second kappa shape index (κ2) is 4.85. The van der Waals surface area contributed by atoms with E-state index in [1.165, 1.54) is 5.56 Å². The van der Waals surface area contributed by atoms with Crippen molar-refractivity contribution in [3.63, 3.8) is 0 Å². The van der Waals surface area contributed by atoms with Crippen LogP contribution in [0.2, 0.25) is 0 Å². The maximum Gasteiger partial charge on any atom is 0.325 e. The van der Waals surface area contributed by atoms with Crippen molar-refractivity contribution in [2.24, 2.45) is 5.73 Å². The quantitative estimate of drug-likeness (QED) is 0.805. The molecule has 2 rings (SSSR count). The first kappa shape index (κ1) is 12.1. The topological polar surface area (TPSA) is 66.6 Å². The second-order valence-electron chi connectivity index (χ2n) is 4.72. The minimum atomic E-state index is -1.04. The predicted molar refractivity (Wildman–Crippen MR) is 65.8 cm³/mol. The van der Waals surface area contributed by atoms with Crippen molar-refractivity contribution in [3.05, 3.63) is 35.9 Å². The van der Waals surface area contributed by atoms with Crippen molar-refractivity contribution >= 4 is 5.97 Å². The van der Waals surface area contributed by atoms with E-state index in [9.17, 15) is 4.79 Å². The number of nitrogens with two attached hydrogens (primary N) is 1. The van der Waals surface area contributed by atoms with Gasteiger partial charge in [0, 0.05) is 19.6 Å². The van der Waals surface area contributed by atoms with Gasteiger partial charge in [0.15, 0.2) is 0 Å². The maximum atomic E-state index is 11.0. The molecule has 1 atom stereocenters. The fraction of sp³-hybridized carbons (Fsp3) is 0.462. The van der Waals surface area contributed by atoms with Crippen LogP contribution in [0.15, 0.2) is 30.3 Å². The third-order valence-electron chi connectivity index (χ3n) is 3.37. The second-order valence-corrected chi connectivity index (χ2v) is 4.72. The SMILES string of the molecule is N[C@@]1(C(=O)O)CCN(CCc2ccccc2)C1. The molecule has 1 aromatic carbocycles. The summed E-state index contributed by atoms with van der Waals surface area (Å²) in [5.41, 5.74) is 6.05. The van der Waals surface area contributed by atoms with Crippen LogP contribution in [0.5, 0.6) is 0 Å². The fourth-order valence-electron chi connectivity index (χ4n) is 2.21. The number of rotatable bonds is 4. The minimum absolute atomic E-state index is 0.454. The molecule has 0 bridgehead atoms. The number of likely N-dealkylation sites (tertiary alicyclic amines) is 1. The first-order chi connectivity index (χ1) is 8.10. The lowest BCUT2D eigenvalue weighted by Crippen LogP contribution is -2.50. The molecule has 1 aliphatic rings. The average molecular weight is 234 g/mol. The molecular formula is C13H18N2O2. The van der Waals surface area contributed by atoms with Crippen LogP contribution in [0.1, 0.15) is 12.0 Å². The van der Waals surface area contributed by atoms with Crippen LogP contribution >= 0.6 is 0 Å². The number of nitrogens with zero attached hydrogens (tertiary/aromatic N) is 1. The number of carbonyl (C=O) groups is 1. The summed E-state index contributed by atoms with van der Waals surface area (Å²) in [4.78, 5) is 13.1. The van der Waals surface area contributed by atoms with E-state index in [2.05, 4.69) is 17.0 Å². The van der Waals surface area contributed by atoms with Gasteiger partial charge in [0.25, 0.3) is 0 Å². The van der Waals surface area contributed by atoms with Crippen LogP contribution in [0.25, 0.3) is 0 Å². The van der Waals surface area contributed by atoms with Crippen molar-refractivity contribution in [2.75, 3.05) is 19.6 Å². The van der Waals surface area contributed by atoms with Gasteiger partial charge in [0.05, 0.1) is 0 Å². The zero-order valence-corrected chi connectivity index (χ0v) is 9.80. The molecule has 1 aromatic rings. The number of hydrogen-bond acceptors (Lipinski definition) is 3. The third-order valence-corrected chi connectivity index (χ3v) is 3.37. The molecule has 0 unspecified atom stereocenters. The Morgan fingerprint density at radius 2 is 2.12 bits per heavy atom. The maximum absolute atomic E-state index is 11.0. The fourth-order valence-corrected chi connectivity index (χ4v) is 2.21. The van der Waals surface area contributed by atoms with E-state index in [-0.39, 0.29) is 0 Å². The largest absolute Gasteiger partial charge is 0.480 e. The summed E-state index contributed by atoms with van der Waals surface area (Å²) in [5.74, 6) is -0.889. The van der Waals surface area contributed by atoms with Gasteiger partial charge in [-0.2, -0.15) is 0 Å². The van der Waals surface area contributed by atoms with Crippen LogP contribution in [-0.2, 0) is 11.2 Å². The minimum Gasteiger partial charge on any atom is -0.480 e. The molecule has 0 spiro atoms. The van der Waals surface area contributed by atoms with E-state index >= 15 is 0 Å². The first-order valence-electron chi connectivity index (χ1n) is 5.89. The number of aliphatic carboxylic acids is 1. The lowest BCUT2D eigenvalue weighted by molar-refractivity contribution is -0.142. The van der Waals surface area contributed by atoms with E-state index in [1.54, 1.807) is 0 Å². The Labute approximate surface area is 101 Å². The zero-order valence-electron chi connectivity index (χ0n) is 9.80. The zero-order chi connectivity index (χ0) is 12.3. The van der Waals surface area contributed by atoms with Crippen LogP contribution < -0.4 is 5.73 Å². The van der Waals surface area contributed by atoms with Crippen molar-refractivity contribution in [2.45, 2.75) is 18.4 Å². The normalized spacial score (nSPS) is 25.0. The first-order valence-corrected chi connectivity index (χ1v) is 5.89. The van der Waals surface area contributed by atoms with Gasteiger partial charge in [-0.05, 0) is 18.4 Å². The molecule has 0 saturated carbocycles. The monoisotopic (exact) mass is 234 g/mol. The van der Waals surface area contributed by atoms with Crippen LogP contribution in [0.3, 0.4) is 0 Å². The van der Waals surface area contributed by atoms with Gasteiger partial charge in [-0.1, -0.05) is 30.3 Å². The Hall–Kier alpha value is -1.39. The smallest absolute Gasteiger partial charge is 0.325 e. The summed E-state index contributed by atoms with van der Waals surface area (Å²) in [5, 5.41) is 9.02. The summed E-state index contributed by atoms with van der Waals surface area (Å²) in [7, 11) is 0. The van der Waals surface area contributed by atoms with E-state index in [1.807, 2.05) is 18.2 Å². The molecule has 1 heterocycles. The molecule has 0 aromatic heterocycles. The van der Waals surface area contributed by atoms with Gasteiger partial charge >= 0.3 is 5.97 Å². The van der Waals surface area contributed by atoms with Gasteiger partial charge in [-0.3, -0.25) is 4.79 Å². The van der Waals surface area contributed by atoms with Gasteiger partial charge in [0.2, 0.25) is 0 Å². The van der Waals surface area contributed by atoms with Crippen LogP contribution in [0, 0.1) is 0 Å². The summed E-state index contributed by atoms with van der Waals surface area (Å²) in [6.07, 6.45) is 1.48. The molecule has 1 saturated heterocycles. The molecule has 1 fully saturated rings. The molecular weight excluding hydrogens is 216 g/mol. The predicted octanol–water partition coefficient (Wildman–Crippen LogP) is 0.717. The third kappa shape index (κ3) is 2.84. The Kier molecular flexibility index (Phi) is 3.45. The van der Waals surface area contributed by atoms with E-state index in [0.29, 0.717) is 13.0 Å². The van der Waals surface area contributed by atoms with Crippen molar-refractivity contribution in [1.82, 2.24) is 4.90 Å². The number of carboxylic acids is 1. The Morgan fingerprint density at radius 1 is 1.41 bits per heavy atom. The highest BCUT2D eigenvalue weighted by Gasteiger charge is 2.40. The Morgan fingerprint density at radius 3 is 2.71 bits per heavy atom. The van der Waals surface area contributed by atoms with Gasteiger partial charge in [0.1, 0.15) is 5.54 Å². The molecule has 1 aliphatic heterocycles. The number of benzene rings is 1. The standard InChI is InChI=1S/C13H18N2O2/c14-13(12(16)17)7-9-15(10-13)8-6-11-4-2-1-3-5-11/h1-5H,6-10,14H2,(H,16,17)/t13-/m0/s1. The molecule has 92 valence electrons. The van der Waals surface area contributed by atoms with E-state index in [4.69, 9.17) is 10.8 Å². The van der Waals surface area contributed by atoms with Crippen molar-refractivity contribution < 1.29 is 9.90 Å². The van der Waals surface area contributed by atoms with Crippen molar-refractivity contribution in [1.29, 1.82) is 0 Å². The highest BCUT2D eigenvalue weighted by atomic mass is 16.4.